The lowest BCUT2D eigenvalue weighted by atomic mass is 10.0. The zero-order valence-electron chi connectivity index (χ0n) is 18.1. The van der Waals surface area contributed by atoms with E-state index in [1.54, 1.807) is 17.4 Å². The Morgan fingerprint density at radius 1 is 1.13 bits per heavy atom. The van der Waals surface area contributed by atoms with Crippen LogP contribution in [0.1, 0.15) is 38.0 Å². The number of aromatic nitrogens is 1. The third-order valence-corrected chi connectivity index (χ3v) is 6.50. The smallest absolute Gasteiger partial charge is 0.305 e. The number of carboxylic acids is 1. The van der Waals surface area contributed by atoms with Crippen LogP contribution in [0.5, 0.6) is 0 Å². The molecule has 0 aliphatic heterocycles. The van der Waals surface area contributed by atoms with Crippen molar-refractivity contribution in [1.82, 2.24) is 9.88 Å². The van der Waals surface area contributed by atoms with E-state index in [0.717, 1.165) is 48.7 Å². The highest BCUT2D eigenvalue weighted by molar-refractivity contribution is 7.16. The van der Waals surface area contributed by atoms with Gasteiger partial charge in [-0.05, 0) is 58.0 Å². The van der Waals surface area contributed by atoms with Crippen LogP contribution in [0, 0.1) is 5.92 Å². The van der Waals surface area contributed by atoms with Crippen LogP contribution in [-0.4, -0.2) is 54.7 Å². The molecule has 2 aromatic rings. The highest BCUT2D eigenvalue weighted by Crippen LogP contribution is 2.37. The van der Waals surface area contributed by atoms with Crippen molar-refractivity contribution in [3.05, 3.63) is 33.1 Å². The summed E-state index contributed by atoms with van der Waals surface area (Å²) in [5, 5.41) is 11.1. The molecule has 0 radical (unpaired) electrons. The Morgan fingerprint density at radius 3 is 2.43 bits per heavy atom. The first kappa shape index (κ1) is 24.9. The minimum absolute atomic E-state index is 0.0921. The van der Waals surface area contributed by atoms with Gasteiger partial charge in [0.1, 0.15) is 0 Å². The summed E-state index contributed by atoms with van der Waals surface area (Å²) < 4.78 is 0. The first-order valence-corrected chi connectivity index (χ1v) is 11.8. The predicted octanol–water partition coefficient (Wildman–Crippen LogP) is 5.94. The van der Waals surface area contributed by atoms with Gasteiger partial charge in [0.25, 0.3) is 0 Å². The summed E-state index contributed by atoms with van der Waals surface area (Å²) in [6.45, 7) is 6.62. The van der Waals surface area contributed by atoms with Gasteiger partial charge in [0.2, 0.25) is 0 Å². The van der Waals surface area contributed by atoms with Crippen LogP contribution in [-0.2, 0) is 11.2 Å². The van der Waals surface area contributed by atoms with Gasteiger partial charge in [-0.3, -0.25) is 4.79 Å². The highest BCUT2D eigenvalue weighted by Gasteiger charge is 2.19. The number of anilines is 1. The molecule has 1 heterocycles. The summed E-state index contributed by atoms with van der Waals surface area (Å²) in [5.41, 5.74) is 1.85. The van der Waals surface area contributed by atoms with Crippen molar-refractivity contribution < 1.29 is 9.90 Å². The number of carboxylic acid groups (broad SMARTS) is 1. The fourth-order valence-electron chi connectivity index (χ4n) is 3.12. The van der Waals surface area contributed by atoms with Gasteiger partial charge in [0, 0.05) is 23.5 Å². The quantitative estimate of drug-likeness (QED) is 0.388. The van der Waals surface area contributed by atoms with Gasteiger partial charge in [-0.1, -0.05) is 43.1 Å². The van der Waals surface area contributed by atoms with Crippen LogP contribution in [0.15, 0.2) is 18.2 Å². The monoisotopic (exact) mass is 471 g/mol. The van der Waals surface area contributed by atoms with Gasteiger partial charge in [0.15, 0.2) is 5.13 Å². The normalized spacial score (nSPS) is 11.5. The molecule has 0 amide bonds. The molecule has 0 atom stereocenters. The van der Waals surface area contributed by atoms with Gasteiger partial charge < -0.3 is 14.9 Å². The van der Waals surface area contributed by atoms with E-state index in [1.165, 1.54) is 4.88 Å². The molecule has 0 unspecified atom stereocenters. The first-order valence-electron chi connectivity index (χ1n) is 10.2. The molecule has 1 N–H and O–H groups in total. The van der Waals surface area contributed by atoms with Crippen LogP contribution in [0.4, 0.5) is 5.13 Å². The van der Waals surface area contributed by atoms with Crippen molar-refractivity contribution in [2.24, 2.45) is 5.92 Å². The van der Waals surface area contributed by atoms with Crippen LogP contribution in [0.3, 0.4) is 0 Å². The highest BCUT2D eigenvalue weighted by atomic mass is 35.5. The van der Waals surface area contributed by atoms with E-state index in [2.05, 4.69) is 37.7 Å². The van der Waals surface area contributed by atoms with Gasteiger partial charge >= 0.3 is 5.97 Å². The number of halogens is 2. The molecule has 30 heavy (non-hydrogen) atoms. The van der Waals surface area contributed by atoms with Crippen LogP contribution >= 0.6 is 34.5 Å². The average Bonchev–Trinajstić information content (AvgIpc) is 3.05. The Hall–Kier alpha value is -1.34. The zero-order valence-corrected chi connectivity index (χ0v) is 20.4. The number of benzene rings is 1. The lowest BCUT2D eigenvalue weighted by Gasteiger charge is -2.21. The molecule has 8 heteroatoms. The maximum Gasteiger partial charge on any atom is 0.305 e. The van der Waals surface area contributed by atoms with Crippen molar-refractivity contribution >= 4 is 45.6 Å². The van der Waals surface area contributed by atoms with Gasteiger partial charge in [-0.15, -0.1) is 11.3 Å². The molecule has 1 aromatic heterocycles. The number of carbonyl (C=O) groups is 1. The predicted molar refractivity (Wildman–Crippen MR) is 128 cm³/mol. The van der Waals surface area contributed by atoms with Gasteiger partial charge in [0.05, 0.1) is 22.2 Å². The average molecular weight is 472 g/mol. The van der Waals surface area contributed by atoms with Crippen molar-refractivity contribution in [2.45, 2.75) is 39.5 Å². The van der Waals surface area contributed by atoms with Gasteiger partial charge in [-0.2, -0.15) is 0 Å². The minimum Gasteiger partial charge on any atom is -0.481 e. The number of thiazole rings is 1. The maximum absolute atomic E-state index is 11.2. The van der Waals surface area contributed by atoms with E-state index in [4.69, 9.17) is 28.2 Å². The summed E-state index contributed by atoms with van der Waals surface area (Å²) in [4.78, 5) is 21.6. The summed E-state index contributed by atoms with van der Waals surface area (Å²) in [5.74, 6) is -0.315. The molecule has 0 aliphatic rings. The summed E-state index contributed by atoms with van der Waals surface area (Å²) in [7, 11) is 4.12. The first-order chi connectivity index (χ1) is 14.2. The van der Waals surface area contributed by atoms with Crippen LogP contribution in [0.25, 0.3) is 11.3 Å². The van der Waals surface area contributed by atoms with E-state index >= 15 is 0 Å². The fourth-order valence-corrected chi connectivity index (χ4v) is 4.76. The molecule has 0 aliphatic carbocycles. The largest absolute Gasteiger partial charge is 0.481 e. The van der Waals surface area contributed by atoms with Crippen molar-refractivity contribution in [1.29, 1.82) is 0 Å². The minimum atomic E-state index is -0.794. The van der Waals surface area contributed by atoms with E-state index in [-0.39, 0.29) is 6.42 Å². The number of rotatable bonds is 12. The van der Waals surface area contributed by atoms with E-state index in [1.807, 2.05) is 12.1 Å². The van der Waals surface area contributed by atoms with Crippen LogP contribution < -0.4 is 4.90 Å². The second kappa shape index (κ2) is 11.9. The molecule has 0 bridgehead atoms. The SMILES string of the molecule is CC(C)Cc1sc(N(CCCCN(C)C)CCC(=O)O)nc1-c1ccc(Cl)c(Cl)c1. The summed E-state index contributed by atoms with van der Waals surface area (Å²) in [6, 6.07) is 5.58. The Balaban J connectivity index is 2.32. The second-order valence-electron chi connectivity index (χ2n) is 8.14. The van der Waals surface area contributed by atoms with Crippen LogP contribution in [0.2, 0.25) is 10.0 Å². The zero-order chi connectivity index (χ0) is 22.3. The van der Waals surface area contributed by atoms with E-state index in [9.17, 15) is 9.90 Å². The summed E-state index contributed by atoms with van der Waals surface area (Å²) >= 11 is 14.0. The lowest BCUT2D eigenvalue weighted by molar-refractivity contribution is -0.136. The van der Waals surface area contributed by atoms with E-state index < -0.39 is 5.97 Å². The third-order valence-electron chi connectivity index (χ3n) is 4.62. The molecule has 0 fully saturated rings. The Labute approximate surface area is 193 Å². The van der Waals surface area contributed by atoms with Crippen molar-refractivity contribution in [3.63, 3.8) is 0 Å². The Bertz CT molecular complexity index is 840. The Kier molecular flexibility index (Phi) is 9.88. The number of nitrogens with zero attached hydrogens (tertiary/aromatic N) is 3. The number of aliphatic carboxylic acids is 1. The number of hydrogen-bond acceptors (Lipinski definition) is 5. The standard InChI is InChI=1S/C22H31Cl2N3O2S/c1-15(2)13-19-21(16-7-8-17(23)18(24)14-16)25-22(30-19)27(12-9-20(28)29)11-6-5-10-26(3)4/h7-8,14-15H,5-6,9-13H2,1-4H3,(H,28,29). The van der Waals surface area contributed by atoms with Gasteiger partial charge in [-0.25, -0.2) is 4.98 Å². The third kappa shape index (κ3) is 7.73. The van der Waals surface area contributed by atoms with E-state index in [0.29, 0.717) is 22.5 Å². The summed E-state index contributed by atoms with van der Waals surface area (Å²) in [6.07, 6.45) is 3.04. The number of hydrogen-bond donors (Lipinski definition) is 1. The molecule has 0 saturated heterocycles. The molecule has 2 rings (SSSR count). The van der Waals surface area contributed by atoms with Crippen molar-refractivity contribution in [3.8, 4) is 11.3 Å². The lowest BCUT2D eigenvalue weighted by Crippen LogP contribution is -2.28. The molecule has 0 saturated carbocycles. The topological polar surface area (TPSA) is 56.7 Å². The molecule has 166 valence electrons. The molecular formula is C22H31Cl2N3O2S. The number of unbranched alkanes of at least 4 members (excludes halogenated alkanes) is 1. The maximum atomic E-state index is 11.2. The molecule has 0 spiro atoms. The molecule has 5 nitrogen and oxygen atoms in total. The molecular weight excluding hydrogens is 441 g/mol. The fraction of sp³-hybridized carbons (Fsp3) is 0.545. The molecule has 1 aromatic carbocycles. The Morgan fingerprint density at radius 2 is 1.83 bits per heavy atom. The van der Waals surface area contributed by atoms with Crippen molar-refractivity contribution in [2.75, 3.05) is 38.6 Å². The second-order valence-corrected chi connectivity index (χ2v) is 10.0.